The van der Waals surface area contributed by atoms with Crippen molar-refractivity contribution in [3.63, 3.8) is 0 Å². The van der Waals surface area contributed by atoms with Gasteiger partial charge >= 0.3 is 0 Å². The van der Waals surface area contributed by atoms with Crippen LogP contribution < -0.4 is 4.74 Å². The van der Waals surface area contributed by atoms with Crippen LogP contribution in [0.5, 0.6) is 5.75 Å². The molecule has 1 aliphatic heterocycles. The van der Waals surface area contributed by atoms with Crippen LogP contribution >= 0.6 is 11.8 Å². The fourth-order valence-electron chi connectivity index (χ4n) is 3.47. The van der Waals surface area contributed by atoms with Crippen LogP contribution in [0, 0.1) is 24.0 Å². The van der Waals surface area contributed by atoms with E-state index in [0.29, 0.717) is 35.9 Å². The third-order valence-corrected chi connectivity index (χ3v) is 5.88. The Morgan fingerprint density at radius 1 is 1.19 bits per heavy atom. The van der Waals surface area contributed by atoms with E-state index in [-0.39, 0.29) is 16.8 Å². The lowest BCUT2D eigenvalue weighted by Gasteiger charge is -2.14. The van der Waals surface area contributed by atoms with Crippen LogP contribution in [0.15, 0.2) is 29.2 Å². The van der Waals surface area contributed by atoms with Crippen LogP contribution in [0.4, 0.5) is 10.5 Å². The summed E-state index contributed by atoms with van der Waals surface area (Å²) in [5, 5.41) is 10.8. The molecule has 0 saturated carbocycles. The number of nitro benzene ring substituents is 1. The van der Waals surface area contributed by atoms with E-state index in [2.05, 4.69) is 0 Å². The molecule has 164 valence electrons. The van der Waals surface area contributed by atoms with Gasteiger partial charge in [0.05, 0.1) is 28.7 Å². The monoisotopic (exact) mass is 445 g/mol. The molecule has 0 spiro atoms. The van der Waals surface area contributed by atoms with Crippen molar-refractivity contribution in [3.05, 3.63) is 56.2 Å². The molecule has 1 fully saturated rings. The molecule has 1 aromatic heterocycles. The molecule has 2 amide bonds. The van der Waals surface area contributed by atoms with Crippen LogP contribution in [0.1, 0.15) is 23.4 Å². The highest BCUT2D eigenvalue weighted by molar-refractivity contribution is 8.18. The fourth-order valence-corrected chi connectivity index (χ4v) is 4.33. The van der Waals surface area contributed by atoms with E-state index in [1.165, 1.54) is 24.1 Å². The number of non-ortho nitro benzene ring substituents is 1. The van der Waals surface area contributed by atoms with Gasteiger partial charge in [-0.15, -0.1) is 0 Å². The molecule has 3 rings (SSSR count). The summed E-state index contributed by atoms with van der Waals surface area (Å²) in [6, 6.07) is 6.32. The van der Waals surface area contributed by atoms with Gasteiger partial charge in [-0.1, -0.05) is 0 Å². The van der Waals surface area contributed by atoms with Gasteiger partial charge in [0.2, 0.25) is 0 Å². The van der Waals surface area contributed by atoms with Crippen molar-refractivity contribution in [2.45, 2.75) is 20.3 Å². The lowest BCUT2D eigenvalue weighted by molar-refractivity contribution is -0.384. The number of carbonyl (C=O) groups is 2. The third kappa shape index (κ3) is 4.49. The Balaban J connectivity index is 1.95. The van der Waals surface area contributed by atoms with Gasteiger partial charge in [-0.2, -0.15) is 0 Å². The van der Waals surface area contributed by atoms with Crippen molar-refractivity contribution in [2.24, 2.45) is 0 Å². The molecule has 1 aliphatic rings. The number of methoxy groups -OCH3 is 2. The molecule has 0 aliphatic carbocycles. The molecule has 1 aromatic carbocycles. The molecule has 0 unspecified atom stereocenters. The van der Waals surface area contributed by atoms with Gasteiger partial charge < -0.3 is 14.0 Å². The number of thioether (sulfide) groups is 1. The maximum atomic E-state index is 12.7. The van der Waals surface area contributed by atoms with E-state index in [1.807, 2.05) is 24.5 Å². The van der Waals surface area contributed by atoms with E-state index >= 15 is 0 Å². The smallest absolute Gasteiger partial charge is 0.293 e. The number of ether oxygens (including phenoxy) is 2. The Kier molecular flexibility index (Phi) is 6.81. The molecule has 2 heterocycles. The summed E-state index contributed by atoms with van der Waals surface area (Å²) < 4.78 is 12.3. The summed E-state index contributed by atoms with van der Waals surface area (Å²) in [5.74, 6) is 0.0461. The van der Waals surface area contributed by atoms with Gasteiger partial charge in [-0.3, -0.25) is 24.6 Å². The highest BCUT2D eigenvalue weighted by Gasteiger charge is 2.34. The van der Waals surface area contributed by atoms with Gasteiger partial charge in [0.15, 0.2) is 0 Å². The standard InChI is InChI=1S/C21H23N3O6S/c1-13-10-15(11-19-20(25)22(21(26)31-19)8-5-9-29-3)14(2)23(13)17-7-6-16(24(27)28)12-18(17)30-4/h6-7,10-12H,5,8-9H2,1-4H3/b19-11+. The first-order valence-corrected chi connectivity index (χ1v) is 10.4. The maximum absolute atomic E-state index is 12.7. The summed E-state index contributed by atoms with van der Waals surface area (Å²) in [5.41, 5.74) is 3.03. The molecule has 0 atom stereocenters. The van der Waals surface area contributed by atoms with Crippen LogP contribution in [0.25, 0.3) is 11.8 Å². The number of benzene rings is 1. The van der Waals surface area contributed by atoms with Gasteiger partial charge in [0.25, 0.3) is 16.8 Å². The van der Waals surface area contributed by atoms with Gasteiger partial charge in [-0.25, -0.2) is 0 Å². The fraction of sp³-hybridized carbons (Fsp3) is 0.333. The molecule has 10 heteroatoms. The summed E-state index contributed by atoms with van der Waals surface area (Å²) in [6.07, 6.45) is 2.29. The van der Waals surface area contributed by atoms with Crippen LogP contribution in [0.2, 0.25) is 0 Å². The largest absolute Gasteiger partial charge is 0.494 e. The Morgan fingerprint density at radius 3 is 2.58 bits per heavy atom. The number of nitrogens with zero attached hydrogens (tertiary/aromatic N) is 3. The molecule has 0 radical (unpaired) electrons. The first-order chi connectivity index (χ1) is 14.8. The highest BCUT2D eigenvalue weighted by Crippen LogP contribution is 2.35. The summed E-state index contributed by atoms with van der Waals surface area (Å²) in [4.78, 5) is 37.1. The van der Waals surface area contributed by atoms with E-state index in [0.717, 1.165) is 28.7 Å². The molecule has 0 N–H and O–H groups in total. The minimum atomic E-state index is -0.476. The van der Waals surface area contributed by atoms with Crippen molar-refractivity contribution in [1.82, 2.24) is 9.47 Å². The topological polar surface area (TPSA) is 104 Å². The predicted molar refractivity (Wildman–Crippen MR) is 118 cm³/mol. The van der Waals surface area contributed by atoms with Crippen molar-refractivity contribution >= 4 is 34.7 Å². The Labute approximate surface area is 183 Å². The second-order valence-electron chi connectivity index (χ2n) is 6.95. The molecule has 31 heavy (non-hydrogen) atoms. The SMILES string of the molecule is COCCCN1C(=O)S/C(=C/c2cc(C)n(-c3ccc([N+](=O)[O-])cc3OC)c2C)C1=O. The normalized spacial score (nSPS) is 15.2. The van der Waals surface area contributed by atoms with Crippen molar-refractivity contribution in [1.29, 1.82) is 0 Å². The number of imide groups is 1. The van der Waals surface area contributed by atoms with E-state index in [9.17, 15) is 19.7 Å². The van der Waals surface area contributed by atoms with Crippen LogP contribution in [0.3, 0.4) is 0 Å². The zero-order chi connectivity index (χ0) is 22.7. The molecular formula is C21H23N3O6S. The van der Waals surface area contributed by atoms with Crippen molar-refractivity contribution in [2.75, 3.05) is 27.4 Å². The number of aromatic nitrogens is 1. The second kappa shape index (κ2) is 9.36. The van der Waals surface area contributed by atoms with E-state index < -0.39 is 4.92 Å². The Bertz CT molecular complexity index is 1080. The molecular weight excluding hydrogens is 422 g/mol. The number of aryl methyl sites for hydroxylation is 1. The number of hydrogen-bond donors (Lipinski definition) is 0. The minimum Gasteiger partial charge on any atom is -0.494 e. The van der Waals surface area contributed by atoms with Gasteiger partial charge in [0, 0.05) is 37.7 Å². The predicted octanol–water partition coefficient (Wildman–Crippen LogP) is 4.08. The number of hydrogen-bond acceptors (Lipinski definition) is 7. The maximum Gasteiger partial charge on any atom is 0.293 e. The van der Waals surface area contributed by atoms with Crippen molar-refractivity contribution < 1.29 is 24.0 Å². The summed E-state index contributed by atoms with van der Waals surface area (Å²) in [7, 11) is 3.03. The number of carbonyl (C=O) groups excluding carboxylic acids is 2. The molecule has 0 bridgehead atoms. The first-order valence-electron chi connectivity index (χ1n) is 9.54. The van der Waals surface area contributed by atoms with E-state index in [4.69, 9.17) is 9.47 Å². The minimum absolute atomic E-state index is 0.0644. The van der Waals surface area contributed by atoms with E-state index in [1.54, 1.807) is 19.3 Å². The molecule has 9 nitrogen and oxygen atoms in total. The van der Waals surface area contributed by atoms with Crippen molar-refractivity contribution in [3.8, 4) is 11.4 Å². The van der Waals surface area contributed by atoms with Gasteiger partial charge in [0.1, 0.15) is 5.75 Å². The first kappa shape index (κ1) is 22.6. The average Bonchev–Trinajstić information content (AvgIpc) is 3.16. The Hall–Kier alpha value is -3.11. The second-order valence-corrected chi connectivity index (χ2v) is 7.95. The number of nitro groups is 1. The summed E-state index contributed by atoms with van der Waals surface area (Å²) in [6.45, 7) is 4.55. The highest BCUT2D eigenvalue weighted by atomic mass is 32.2. The zero-order valence-electron chi connectivity index (χ0n) is 17.7. The average molecular weight is 445 g/mol. The molecule has 1 saturated heterocycles. The lowest BCUT2D eigenvalue weighted by Crippen LogP contribution is -2.29. The lowest BCUT2D eigenvalue weighted by atomic mass is 10.2. The number of rotatable bonds is 8. The molecule has 2 aromatic rings. The quantitative estimate of drug-likeness (QED) is 0.261. The van der Waals surface area contributed by atoms with Crippen LogP contribution in [-0.2, 0) is 9.53 Å². The van der Waals surface area contributed by atoms with Gasteiger partial charge in [-0.05, 0) is 55.8 Å². The Morgan fingerprint density at radius 2 is 1.94 bits per heavy atom. The summed E-state index contributed by atoms with van der Waals surface area (Å²) >= 11 is 0.916. The third-order valence-electron chi connectivity index (χ3n) is 4.98. The number of amides is 2. The zero-order valence-corrected chi connectivity index (χ0v) is 18.5. The van der Waals surface area contributed by atoms with Crippen LogP contribution in [-0.4, -0.2) is 52.9 Å².